The Morgan fingerprint density at radius 1 is 1.62 bits per heavy atom. The minimum atomic E-state index is -0.919. The molecular weight excluding hydrogens is 208 g/mol. The summed E-state index contributed by atoms with van der Waals surface area (Å²) in [6.07, 6.45) is 3.10. The zero-order valence-corrected chi connectivity index (χ0v) is 9.48. The molecule has 0 spiro atoms. The number of amides is 1. The molecule has 1 heterocycles. The molecule has 1 atom stereocenters. The van der Waals surface area contributed by atoms with Gasteiger partial charge < -0.3 is 15.7 Å². The molecule has 3 N–H and O–H groups in total. The second-order valence-corrected chi connectivity index (χ2v) is 4.14. The first-order chi connectivity index (χ1) is 7.50. The van der Waals surface area contributed by atoms with E-state index in [0.29, 0.717) is 13.1 Å². The molecule has 1 unspecified atom stereocenters. The fourth-order valence-electron chi connectivity index (χ4n) is 1.74. The standard InChI is InChI=1S/C11H18N2O3/c1-8-3-2-6-13(7-8)11(16)9(12)4-5-10(14)15/h3,9H,2,4-7,12H2,1H3,(H,14,15). The van der Waals surface area contributed by atoms with E-state index in [1.54, 1.807) is 4.90 Å². The first kappa shape index (κ1) is 12.7. The van der Waals surface area contributed by atoms with Gasteiger partial charge in [-0.15, -0.1) is 0 Å². The summed E-state index contributed by atoms with van der Waals surface area (Å²) in [6, 6.07) is -0.693. The van der Waals surface area contributed by atoms with Crippen molar-refractivity contribution in [2.45, 2.75) is 32.2 Å². The number of hydrogen-bond donors (Lipinski definition) is 2. The van der Waals surface area contributed by atoms with Crippen LogP contribution in [0.1, 0.15) is 26.2 Å². The van der Waals surface area contributed by atoms with Crippen molar-refractivity contribution in [3.8, 4) is 0 Å². The van der Waals surface area contributed by atoms with Crippen molar-refractivity contribution in [3.63, 3.8) is 0 Å². The molecule has 0 aromatic heterocycles. The second-order valence-electron chi connectivity index (χ2n) is 4.14. The lowest BCUT2D eigenvalue weighted by molar-refractivity contribution is -0.137. The predicted molar refractivity (Wildman–Crippen MR) is 59.8 cm³/mol. The summed E-state index contributed by atoms with van der Waals surface area (Å²) in [5, 5.41) is 8.51. The van der Waals surface area contributed by atoms with Crippen LogP contribution in [0.2, 0.25) is 0 Å². The van der Waals surface area contributed by atoms with Gasteiger partial charge in [0.25, 0.3) is 0 Å². The van der Waals surface area contributed by atoms with Crippen molar-refractivity contribution in [1.29, 1.82) is 0 Å². The normalized spacial score (nSPS) is 17.9. The molecular formula is C11H18N2O3. The average Bonchev–Trinajstić information content (AvgIpc) is 2.24. The van der Waals surface area contributed by atoms with Crippen LogP contribution in [0.25, 0.3) is 0 Å². The first-order valence-electron chi connectivity index (χ1n) is 5.42. The number of aliphatic carboxylic acids is 1. The molecule has 0 aliphatic carbocycles. The minimum Gasteiger partial charge on any atom is -0.481 e. The predicted octanol–water partition coefficient (Wildman–Crippen LogP) is 0.357. The molecule has 1 rings (SSSR count). The largest absolute Gasteiger partial charge is 0.481 e. The third-order valence-electron chi connectivity index (χ3n) is 2.63. The van der Waals surface area contributed by atoms with Crippen LogP contribution in [0.5, 0.6) is 0 Å². The fourth-order valence-corrected chi connectivity index (χ4v) is 1.74. The first-order valence-corrected chi connectivity index (χ1v) is 5.42. The van der Waals surface area contributed by atoms with E-state index in [9.17, 15) is 9.59 Å². The third kappa shape index (κ3) is 3.66. The smallest absolute Gasteiger partial charge is 0.303 e. The number of hydrogen-bond acceptors (Lipinski definition) is 3. The number of nitrogens with zero attached hydrogens (tertiary/aromatic N) is 1. The van der Waals surface area contributed by atoms with Crippen LogP contribution in [0, 0.1) is 0 Å². The highest BCUT2D eigenvalue weighted by atomic mass is 16.4. The Hall–Kier alpha value is -1.36. The summed E-state index contributed by atoms with van der Waals surface area (Å²) < 4.78 is 0. The van der Waals surface area contributed by atoms with Crippen molar-refractivity contribution in [2.75, 3.05) is 13.1 Å². The topological polar surface area (TPSA) is 83.6 Å². The van der Waals surface area contributed by atoms with E-state index in [1.807, 2.05) is 6.92 Å². The van der Waals surface area contributed by atoms with Crippen LogP contribution in [0.4, 0.5) is 0 Å². The van der Waals surface area contributed by atoms with Crippen molar-refractivity contribution >= 4 is 11.9 Å². The van der Waals surface area contributed by atoms with E-state index >= 15 is 0 Å². The molecule has 0 radical (unpaired) electrons. The quantitative estimate of drug-likeness (QED) is 0.678. The Kier molecular flexibility index (Phi) is 4.49. The summed E-state index contributed by atoms with van der Waals surface area (Å²) in [5.41, 5.74) is 6.83. The van der Waals surface area contributed by atoms with Crippen molar-refractivity contribution < 1.29 is 14.7 Å². The highest BCUT2D eigenvalue weighted by Crippen LogP contribution is 2.11. The molecule has 1 aliphatic heterocycles. The van der Waals surface area contributed by atoms with Gasteiger partial charge in [0.2, 0.25) is 5.91 Å². The van der Waals surface area contributed by atoms with E-state index in [4.69, 9.17) is 10.8 Å². The van der Waals surface area contributed by atoms with E-state index in [2.05, 4.69) is 6.08 Å². The van der Waals surface area contributed by atoms with Crippen LogP contribution in [0.3, 0.4) is 0 Å². The van der Waals surface area contributed by atoms with Gasteiger partial charge in [0, 0.05) is 19.5 Å². The maximum atomic E-state index is 11.8. The zero-order valence-electron chi connectivity index (χ0n) is 9.48. The molecule has 5 heteroatoms. The molecule has 0 aromatic carbocycles. The van der Waals surface area contributed by atoms with Gasteiger partial charge in [-0.3, -0.25) is 9.59 Å². The Bertz CT molecular complexity index is 312. The molecule has 1 aliphatic rings. The molecule has 0 saturated heterocycles. The Morgan fingerprint density at radius 3 is 2.88 bits per heavy atom. The number of carbonyl (C=O) groups is 2. The highest BCUT2D eigenvalue weighted by Gasteiger charge is 2.22. The molecule has 0 aromatic rings. The fraction of sp³-hybridized carbons (Fsp3) is 0.636. The van der Waals surface area contributed by atoms with Crippen LogP contribution in [-0.2, 0) is 9.59 Å². The lowest BCUT2D eigenvalue weighted by atomic mass is 10.1. The van der Waals surface area contributed by atoms with Gasteiger partial charge in [0.05, 0.1) is 6.04 Å². The van der Waals surface area contributed by atoms with Crippen LogP contribution >= 0.6 is 0 Å². The van der Waals surface area contributed by atoms with Gasteiger partial charge >= 0.3 is 5.97 Å². The van der Waals surface area contributed by atoms with Gasteiger partial charge in [0.15, 0.2) is 0 Å². The average molecular weight is 226 g/mol. The van der Waals surface area contributed by atoms with Crippen LogP contribution < -0.4 is 5.73 Å². The Labute approximate surface area is 94.9 Å². The van der Waals surface area contributed by atoms with Gasteiger partial charge in [0.1, 0.15) is 0 Å². The molecule has 1 amide bonds. The van der Waals surface area contributed by atoms with Gasteiger partial charge in [-0.25, -0.2) is 0 Å². The van der Waals surface area contributed by atoms with Crippen molar-refractivity contribution in [2.24, 2.45) is 5.73 Å². The van der Waals surface area contributed by atoms with Crippen LogP contribution in [0.15, 0.2) is 11.6 Å². The lowest BCUT2D eigenvalue weighted by Gasteiger charge is -2.28. The number of carboxylic acids is 1. The van der Waals surface area contributed by atoms with Crippen molar-refractivity contribution in [3.05, 3.63) is 11.6 Å². The maximum Gasteiger partial charge on any atom is 0.303 e. The van der Waals surface area contributed by atoms with Gasteiger partial charge in [-0.1, -0.05) is 11.6 Å². The van der Waals surface area contributed by atoms with E-state index < -0.39 is 12.0 Å². The maximum absolute atomic E-state index is 11.8. The number of nitrogens with two attached hydrogens (primary N) is 1. The molecule has 16 heavy (non-hydrogen) atoms. The van der Waals surface area contributed by atoms with Gasteiger partial charge in [-0.05, 0) is 19.8 Å². The Balaban J connectivity index is 2.44. The zero-order chi connectivity index (χ0) is 12.1. The summed E-state index contributed by atoms with van der Waals surface area (Å²) >= 11 is 0. The number of carbonyl (C=O) groups excluding carboxylic acids is 1. The molecule has 0 bridgehead atoms. The van der Waals surface area contributed by atoms with Gasteiger partial charge in [-0.2, -0.15) is 0 Å². The summed E-state index contributed by atoms with van der Waals surface area (Å²) in [7, 11) is 0. The summed E-state index contributed by atoms with van der Waals surface area (Å²) in [4.78, 5) is 23.9. The van der Waals surface area contributed by atoms with Crippen LogP contribution in [-0.4, -0.2) is 41.0 Å². The molecule has 0 saturated carbocycles. The molecule has 0 fully saturated rings. The summed E-state index contributed by atoms with van der Waals surface area (Å²) in [6.45, 7) is 3.26. The van der Waals surface area contributed by atoms with Crippen molar-refractivity contribution in [1.82, 2.24) is 4.90 Å². The number of carboxylic acid groups (broad SMARTS) is 1. The highest BCUT2D eigenvalue weighted by molar-refractivity contribution is 5.82. The number of rotatable bonds is 4. The molecule has 90 valence electrons. The third-order valence-corrected chi connectivity index (χ3v) is 2.63. The molecule has 5 nitrogen and oxygen atoms in total. The minimum absolute atomic E-state index is 0.0600. The SMILES string of the molecule is CC1=CCCN(C(=O)C(N)CCC(=O)O)C1. The van der Waals surface area contributed by atoms with E-state index in [-0.39, 0.29) is 18.7 Å². The van der Waals surface area contributed by atoms with E-state index in [1.165, 1.54) is 0 Å². The lowest BCUT2D eigenvalue weighted by Crippen LogP contribution is -2.46. The second kappa shape index (κ2) is 5.65. The monoisotopic (exact) mass is 226 g/mol. The Morgan fingerprint density at radius 2 is 2.31 bits per heavy atom. The van der Waals surface area contributed by atoms with E-state index in [0.717, 1.165) is 12.0 Å². The summed E-state index contributed by atoms with van der Waals surface area (Å²) in [5.74, 6) is -1.06.